The maximum absolute atomic E-state index is 13.5. The highest BCUT2D eigenvalue weighted by molar-refractivity contribution is 6.16. The normalized spacial score (nSPS) is 14.9. The van der Waals surface area contributed by atoms with Gasteiger partial charge in [-0.1, -0.05) is 59.7 Å². The van der Waals surface area contributed by atoms with Crippen molar-refractivity contribution >= 4 is 17.5 Å². The molecule has 0 amide bonds. The molecule has 6 rings (SSSR count). The van der Waals surface area contributed by atoms with Crippen molar-refractivity contribution in [3.63, 3.8) is 0 Å². The molecular formula is C29H17F3N8O2. The van der Waals surface area contributed by atoms with Gasteiger partial charge in [0, 0.05) is 47.3 Å². The SMILES string of the molecule is N#Cc1ncc(-c2cc(C(F)(F)F)cnc2-c2nnc(NC3N=C(c4ccccc4)c4ccccc4CC3=O)o2)cn1. The Labute approximate surface area is 235 Å². The number of Topliss-reactive ketones (excluding diaryl/α,β-unsaturated/α-hetero) is 1. The minimum atomic E-state index is -4.68. The van der Waals surface area contributed by atoms with Gasteiger partial charge < -0.3 is 9.73 Å². The van der Waals surface area contributed by atoms with Crippen LogP contribution in [0.2, 0.25) is 0 Å². The van der Waals surface area contributed by atoms with Crippen molar-refractivity contribution in [2.45, 2.75) is 18.8 Å². The number of rotatable bonds is 5. The van der Waals surface area contributed by atoms with E-state index in [2.05, 4.69) is 30.5 Å². The van der Waals surface area contributed by atoms with E-state index in [1.54, 1.807) is 6.07 Å². The molecule has 42 heavy (non-hydrogen) atoms. The molecule has 1 atom stereocenters. The highest BCUT2D eigenvalue weighted by Gasteiger charge is 2.33. The summed E-state index contributed by atoms with van der Waals surface area (Å²) in [5, 5.41) is 19.7. The van der Waals surface area contributed by atoms with Crippen molar-refractivity contribution < 1.29 is 22.4 Å². The zero-order chi connectivity index (χ0) is 29.3. The van der Waals surface area contributed by atoms with Gasteiger partial charge in [0.05, 0.1) is 11.3 Å². The third-order valence-electron chi connectivity index (χ3n) is 6.41. The molecule has 0 aliphatic carbocycles. The quantitative estimate of drug-likeness (QED) is 0.315. The first-order valence-electron chi connectivity index (χ1n) is 12.4. The molecule has 4 heterocycles. The molecule has 10 nitrogen and oxygen atoms in total. The minimum absolute atomic E-state index is 0.0464. The van der Waals surface area contributed by atoms with Gasteiger partial charge in [0.15, 0.2) is 11.9 Å². The van der Waals surface area contributed by atoms with Crippen LogP contribution >= 0.6 is 0 Å². The molecule has 1 unspecified atom stereocenters. The lowest BCUT2D eigenvalue weighted by atomic mass is 9.96. The first kappa shape index (κ1) is 26.5. The monoisotopic (exact) mass is 566 g/mol. The third kappa shape index (κ3) is 5.20. The van der Waals surface area contributed by atoms with Crippen molar-refractivity contribution in [3.05, 3.63) is 107 Å². The first-order chi connectivity index (χ1) is 20.3. The number of carbonyl (C=O) groups is 1. The van der Waals surface area contributed by atoms with Crippen LogP contribution in [0, 0.1) is 11.3 Å². The van der Waals surface area contributed by atoms with Crippen molar-refractivity contribution in [2.24, 2.45) is 4.99 Å². The highest BCUT2D eigenvalue weighted by Crippen LogP contribution is 2.36. The molecule has 0 spiro atoms. The lowest BCUT2D eigenvalue weighted by molar-refractivity contribution is -0.137. The molecule has 0 saturated heterocycles. The summed E-state index contributed by atoms with van der Waals surface area (Å²) in [5.74, 6) is -0.631. The molecule has 206 valence electrons. The average molecular weight is 567 g/mol. The number of hydrogen-bond acceptors (Lipinski definition) is 10. The molecule has 5 aromatic rings. The number of nitrogens with one attached hydrogen (secondary N) is 1. The average Bonchev–Trinajstić information content (AvgIpc) is 3.42. The summed E-state index contributed by atoms with van der Waals surface area (Å²) in [5.41, 5.74) is 2.03. The van der Waals surface area contributed by atoms with Gasteiger partial charge >= 0.3 is 12.2 Å². The van der Waals surface area contributed by atoms with Gasteiger partial charge in [-0.15, -0.1) is 5.10 Å². The number of anilines is 1. The Bertz CT molecular complexity index is 1860. The smallest absolute Gasteiger partial charge is 0.402 e. The fraction of sp³-hybridized carbons (Fsp3) is 0.103. The van der Waals surface area contributed by atoms with Crippen LogP contribution in [0.4, 0.5) is 19.2 Å². The predicted octanol–water partition coefficient (Wildman–Crippen LogP) is 4.88. The second-order valence-corrected chi connectivity index (χ2v) is 9.13. The molecule has 1 N–H and O–H groups in total. The van der Waals surface area contributed by atoms with Crippen LogP contribution in [0.1, 0.15) is 28.1 Å². The van der Waals surface area contributed by atoms with Gasteiger partial charge in [-0.05, 0) is 11.6 Å². The van der Waals surface area contributed by atoms with E-state index in [9.17, 15) is 18.0 Å². The third-order valence-corrected chi connectivity index (χ3v) is 6.41. The largest absolute Gasteiger partial charge is 0.417 e. The lowest BCUT2D eigenvalue weighted by Gasteiger charge is -2.12. The Hall–Kier alpha value is -5.77. The maximum atomic E-state index is 13.5. The van der Waals surface area contributed by atoms with Gasteiger partial charge in [-0.25, -0.2) is 15.0 Å². The summed E-state index contributed by atoms with van der Waals surface area (Å²) in [6, 6.07) is 19.3. The van der Waals surface area contributed by atoms with Crippen LogP contribution < -0.4 is 5.32 Å². The van der Waals surface area contributed by atoms with E-state index >= 15 is 0 Å². The Morgan fingerprint density at radius 3 is 2.38 bits per heavy atom. The number of benzene rings is 2. The number of pyridine rings is 1. The minimum Gasteiger partial charge on any atom is -0.402 e. The zero-order valence-electron chi connectivity index (χ0n) is 21.4. The van der Waals surface area contributed by atoms with Gasteiger partial charge in [0.2, 0.25) is 5.82 Å². The number of aliphatic imine (C=N–C) groups is 1. The van der Waals surface area contributed by atoms with Crippen LogP contribution in [0.25, 0.3) is 22.7 Å². The van der Waals surface area contributed by atoms with Crippen molar-refractivity contribution in [3.8, 4) is 28.8 Å². The van der Waals surface area contributed by atoms with E-state index in [1.807, 2.05) is 54.6 Å². The van der Waals surface area contributed by atoms with Crippen LogP contribution in [-0.4, -0.2) is 42.8 Å². The number of carbonyl (C=O) groups excluding carboxylic acids is 1. The second-order valence-electron chi connectivity index (χ2n) is 9.13. The van der Waals surface area contributed by atoms with Gasteiger partial charge in [0.25, 0.3) is 5.89 Å². The molecule has 3 aromatic heterocycles. The van der Waals surface area contributed by atoms with Gasteiger partial charge in [0.1, 0.15) is 11.8 Å². The van der Waals surface area contributed by atoms with E-state index in [4.69, 9.17) is 14.7 Å². The molecule has 0 saturated carbocycles. The van der Waals surface area contributed by atoms with Gasteiger partial charge in [-0.3, -0.25) is 9.79 Å². The summed E-state index contributed by atoms with van der Waals surface area (Å²) in [6.07, 6.45) is -2.64. The summed E-state index contributed by atoms with van der Waals surface area (Å²) >= 11 is 0. The van der Waals surface area contributed by atoms with Crippen LogP contribution in [0.3, 0.4) is 0 Å². The molecule has 2 aromatic carbocycles. The van der Waals surface area contributed by atoms with Crippen LogP contribution in [-0.2, 0) is 17.4 Å². The Kier molecular flexibility index (Phi) is 6.71. The number of aromatic nitrogens is 5. The summed E-state index contributed by atoms with van der Waals surface area (Å²) in [7, 11) is 0. The van der Waals surface area contributed by atoms with Crippen molar-refractivity contribution in [2.75, 3.05) is 5.32 Å². The number of nitriles is 1. The zero-order valence-corrected chi connectivity index (χ0v) is 21.4. The van der Waals surface area contributed by atoms with E-state index in [0.717, 1.165) is 22.8 Å². The Morgan fingerprint density at radius 1 is 0.905 bits per heavy atom. The second kappa shape index (κ2) is 10.7. The number of alkyl halides is 3. The van der Waals surface area contributed by atoms with Gasteiger partial charge in [-0.2, -0.15) is 18.4 Å². The molecular weight excluding hydrogens is 549 g/mol. The van der Waals surface area contributed by atoms with Crippen LogP contribution in [0.15, 0.2) is 88.7 Å². The topological polar surface area (TPSA) is 143 Å². The summed E-state index contributed by atoms with van der Waals surface area (Å²) in [4.78, 5) is 29.6. The number of halogens is 3. The first-order valence-corrected chi connectivity index (χ1v) is 12.4. The Morgan fingerprint density at radius 2 is 1.64 bits per heavy atom. The fourth-order valence-electron chi connectivity index (χ4n) is 4.43. The number of nitrogens with zero attached hydrogens (tertiary/aromatic N) is 7. The molecule has 1 aliphatic heterocycles. The number of hydrogen-bond donors (Lipinski definition) is 1. The van der Waals surface area contributed by atoms with Crippen molar-refractivity contribution in [1.82, 2.24) is 25.1 Å². The fourth-order valence-corrected chi connectivity index (χ4v) is 4.43. The Balaban J connectivity index is 1.37. The summed E-state index contributed by atoms with van der Waals surface area (Å²) < 4.78 is 46.2. The van der Waals surface area contributed by atoms with E-state index in [-0.39, 0.29) is 46.8 Å². The predicted molar refractivity (Wildman–Crippen MR) is 143 cm³/mol. The van der Waals surface area contributed by atoms with Crippen LogP contribution in [0.5, 0.6) is 0 Å². The highest BCUT2D eigenvalue weighted by atomic mass is 19.4. The molecule has 0 bridgehead atoms. The standard InChI is InChI=1S/C29H17F3N8O2/c30-29(31,32)19-11-21(18-13-34-23(12-33)35-14-18)25(36-15-19)27-39-40-28(42-27)38-26-22(41)10-17-8-4-5-9-20(17)24(37-26)16-6-2-1-3-7-16/h1-9,11,13-15,26H,10H2,(H,38,40). The molecule has 13 heteroatoms. The molecule has 1 aliphatic rings. The number of fused-ring (bicyclic) bond motifs is 1. The number of ketones is 1. The molecule has 0 fully saturated rings. The van der Waals surface area contributed by atoms with E-state index in [1.165, 1.54) is 12.4 Å². The van der Waals surface area contributed by atoms with E-state index < -0.39 is 17.9 Å². The summed E-state index contributed by atoms with van der Waals surface area (Å²) in [6.45, 7) is 0. The molecule has 0 radical (unpaired) electrons. The lowest BCUT2D eigenvalue weighted by Crippen LogP contribution is -2.29. The maximum Gasteiger partial charge on any atom is 0.417 e. The van der Waals surface area contributed by atoms with E-state index in [0.29, 0.717) is 11.9 Å². The van der Waals surface area contributed by atoms with Crippen molar-refractivity contribution in [1.29, 1.82) is 5.26 Å².